The molecular formula is C14H25NO2. The first-order valence-electron chi connectivity index (χ1n) is 6.84. The van der Waals surface area contributed by atoms with E-state index in [0.29, 0.717) is 11.3 Å². The summed E-state index contributed by atoms with van der Waals surface area (Å²) in [5.74, 6) is 1.44. The summed E-state index contributed by atoms with van der Waals surface area (Å²) >= 11 is 0. The second-order valence-electron chi connectivity index (χ2n) is 6.61. The van der Waals surface area contributed by atoms with Crippen LogP contribution in [0.2, 0.25) is 0 Å². The lowest BCUT2D eigenvalue weighted by Gasteiger charge is -2.36. The molecule has 1 atom stereocenters. The van der Waals surface area contributed by atoms with Gasteiger partial charge in [0.2, 0.25) is 0 Å². The molecule has 17 heavy (non-hydrogen) atoms. The largest absolute Gasteiger partial charge is 0.392 e. The van der Waals surface area contributed by atoms with E-state index in [1.165, 1.54) is 31.4 Å². The van der Waals surface area contributed by atoms with Gasteiger partial charge >= 0.3 is 0 Å². The van der Waals surface area contributed by atoms with Gasteiger partial charge in [-0.15, -0.1) is 0 Å². The van der Waals surface area contributed by atoms with Gasteiger partial charge in [-0.05, 0) is 37.0 Å². The number of aliphatic hydroxyl groups is 1. The van der Waals surface area contributed by atoms with Gasteiger partial charge in [0.05, 0.1) is 12.3 Å². The van der Waals surface area contributed by atoms with Crippen molar-refractivity contribution >= 4 is 5.71 Å². The van der Waals surface area contributed by atoms with Crippen LogP contribution in [0.1, 0.15) is 52.9 Å². The Morgan fingerprint density at radius 1 is 1.24 bits per heavy atom. The van der Waals surface area contributed by atoms with Crippen molar-refractivity contribution in [3.05, 3.63) is 0 Å². The fourth-order valence-electron chi connectivity index (χ4n) is 3.08. The third-order valence-electron chi connectivity index (χ3n) is 4.38. The van der Waals surface area contributed by atoms with Crippen LogP contribution in [0.4, 0.5) is 0 Å². The molecule has 1 aliphatic carbocycles. The standard InChI is InChI=1S/C14H25NO2/c1-14(2,3)11-6-4-10(5-7-11)13-8-12(9-16)17-15-13/h10-12,16H,4-9H2,1-3H3. The molecule has 0 aromatic carbocycles. The predicted molar refractivity (Wildman–Crippen MR) is 68.9 cm³/mol. The number of nitrogens with zero attached hydrogens (tertiary/aromatic N) is 1. The van der Waals surface area contributed by atoms with E-state index >= 15 is 0 Å². The Balaban J connectivity index is 1.84. The Kier molecular flexibility index (Phi) is 3.76. The molecule has 2 rings (SSSR count). The first kappa shape index (κ1) is 12.9. The molecule has 0 radical (unpaired) electrons. The lowest BCUT2D eigenvalue weighted by atomic mass is 9.69. The van der Waals surface area contributed by atoms with Gasteiger partial charge in [-0.1, -0.05) is 25.9 Å². The lowest BCUT2D eigenvalue weighted by Crippen LogP contribution is -2.29. The van der Waals surface area contributed by atoms with E-state index in [9.17, 15) is 0 Å². The lowest BCUT2D eigenvalue weighted by molar-refractivity contribution is 0.0390. The van der Waals surface area contributed by atoms with E-state index in [4.69, 9.17) is 9.94 Å². The molecule has 98 valence electrons. The SMILES string of the molecule is CC(C)(C)C1CCC(C2=NOC(CO)C2)CC1. The Hall–Kier alpha value is -0.570. The summed E-state index contributed by atoms with van der Waals surface area (Å²) in [7, 11) is 0. The van der Waals surface area contributed by atoms with Crippen LogP contribution in [0.15, 0.2) is 5.16 Å². The molecule has 3 heteroatoms. The van der Waals surface area contributed by atoms with Crippen molar-refractivity contribution in [1.29, 1.82) is 0 Å². The van der Waals surface area contributed by atoms with Crippen LogP contribution in [0, 0.1) is 17.3 Å². The van der Waals surface area contributed by atoms with E-state index in [2.05, 4.69) is 25.9 Å². The molecule has 0 bridgehead atoms. The quantitative estimate of drug-likeness (QED) is 0.805. The van der Waals surface area contributed by atoms with Crippen LogP contribution in [0.25, 0.3) is 0 Å². The summed E-state index contributed by atoms with van der Waals surface area (Å²) < 4.78 is 0. The summed E-state index contributed by atoms with van der Waals surface area (Å²) in [4.78, 5) is 5.20. The Bertz CT molecular complexity index is 285. The highest BCUT2D eigenvalue weighted by atomic mass is 16.6. The Morgan fingerprint density at radius 3 is 2.35 bits per heavy atom. The van der Waals surface area contributed by atoms with Crippen LogP contribution >= 0.6 is 0 Å². The minimum Gasteiger partial charge on any atom is -0.392 e. The molecule has 1 saturated carbocycles. The van der Waals surface area contributed by atoms with Crippen LogP contribution in [-0.2, 0) is 4.84 Å². The normalized spacial score (nSPS) is 34.4. The monoisotopic (exact) mass is 239 g/mol. The van der Waals surface area contributed by atoms with Gasteiger partial charge in [0.15, 0.2) is 6.10 Å². The molecule has 1 heterocycles. The summed E-state index contributed by atoms with van der Waals surface area (Å²) in [6.45, 7) is 7.12. The molecule has 0 spiro atoms. The van der Waals surface area contributed by atoms with E-state index in [1.807, 2.05) is 0 Å². The average molecular weight is 239 g/mol. The topological polar surface area (TPSA) is 41.8 Å². The van der Waals surface area contributed by atoms with Crippen LogP contribution in [-0.4, -0.2) is 23.5 Å². The zero-order valence-electron chi connectivity index (χ0n) is 11.3. The van der Waals surface area contributed by atoms with Crippen molar-refractivity contribution in [1.82, 2.24) is 0 Å². The molecule has 1 N–H and O–H groups in total. The number of aliphatic hydroxyl groups excluding tert-OH is 1. The Morgan fingerprint density at radius 2 is 1.88 bits per heavy atom. The van der Waals surface area contributed by atoms with Crippen LogP contribution < -0.4 is 0 Å². The van der Waals surface area contributed by atoms with Crippen molar-refractivity contribution in [2.75, 3.05) is 6.61 Å². The molecule has 1 fully saturated rings. The molecular weight excluding hydrogens is 214 g/mol. The highest BCUT2D eigenvalue weighted by Gasteiger charge is 2.34. The fourth-order valence-corrected chi connectivity index (χ4v) is 3.08. The number of oxime groups is 1. The van der Waals surface area contributed by atoms with Crippen molar-refractivity contribution in [2.45, 2.75) is 59.0 Å². The van der Waals surface area contributed by atoms with Crippen molar-refractivity contribution in [3.63, 3.8) is 0 Å². The second-order valence-corrected chi connectivity index (χ2v) is 6.61. The first-order valence-corrected chi connectivity index (χ1v) is 6.84. The van der Waals surface area contributed by atoms with E-state index in [0.717, 1.165) is 12.3 Å². The molecule has 0 aromatic heterocycles. The van der Waals surface area contributed by atoms with Crippen LogP contribution in [0.5, 0.6) is 0 Å². The third kappa shape index (κ3) is 3.01. The number of rotatable bonds is 2. The maximum Gasteiger partial charge on any atom is 0.155 e. The zero-order valence-corrected chi connectivity index (χ0v) is 11.3. The predicted octanol–water partition coefficient (Wildman–Crippen LogP) is 2.98. The van der Waals surface area contributed by atoms with Crippen molar-refractivity contribution < 1.29 is 9.94 Å². The molecule has 0 aromatic rings. The average Bonchev–Trinajstić information content (AvgIpc) is 2.76. The molecule has 1 unspecified atom stereocenters. The second kappa shape index (κ2) is 4.97. The fraction of sp³-hybridized carbons (Fsp3) is 0.929. The zero-order chi connectivity index (χ0) is 12.5. The van der Waals surface area contributed by atoms with E-state index < -0.39 is 0 Å². The van der Waals surface area contributed by atoms with Gasteiger partial charge in [-0.25, -0.2) is 0 Å². The highest BCUT2D eigenvalue weighted by Crippen LogP contribution is 2.41. The molecule has 1 aliphatic heterocycles. The molecule has 3 nitrogen and oxygen atoms in total. The summed E-state index contributed by atoms with van der Waals surface area (Å²) in [6.07, 6.45) is 5.84. The minimum absolute atomic E-state index is 0.0784. The minimum atomic E-state index is -0.0784. The van der Waals surface area contributed by atoms with E-state index in [-0.39, 0.29) is 12.7 Å². The first-order chi connectivity index (χ1) is 8.00. The number of hydrogen-bond donors (Lipinski definition) is 1. The van der Waals surface area contributed by atoms with Gasteiger partial charge in [0.1, 0.15) is 0 Å². The maximum absolute atomic E-state index is 9.03. The maximum atomic E-state index is 9.03. The smallest absolute Gasteiger partial charge is 0.155 e. The number of hydrogen-bond acceptors (Lipinski definition) is 3. The highest BCUT2D eigenvalue weighted by molar-refractivity contribution is 5.87. The van der Waals surface area contributed by atoms with Crippen molar-refractivity contribution in [3.8, 4) is 0 Å². The van der Waals surface area contributed by atoms with E-state index in [1.54, 1.807) is 0 Å². The third-order valence-corrected chi connectivity index (χ3v) is 4.38. The molecule has 0 amide bonds. The van der Waals surface area contributed by atoms with Crippen molar-refractivity contribution in [2.24, 2.45) is 22.4 Å². The molecule has 0 saturated heterocycles. The van der Waals surface area contributed by atoms with Gasteiger partial charge in [0.25, 0.3) is 0 Å². The summed E-state index contributed by atoms with van der Waals surface area (Å²) in [6, 6.07) is 0. The summed E-state index contributed by atoms with van der Waals surface area (Å²) in [5.41, 5.74) is 1.63. The van der Waals surface area contributed by atoms with Gasteiger partial charge < -0.3 is 9.94 Å². The Labute approximate surface area is 104 Å². The summed E-state index contributed by atoms with van der Waals surface area (Å²) in [5, 5.41) is 13.2. The molecule has 2 aliphatic rings. The van der Waals surface area contributed by atoms with Crippen LogP contribution in [0.3, 0.4) is 0 Å². The van der Waals surface area contributed by atoms with Gasteiger partial charge in [-0.2, -0.15) is 0 Å². The van der Waals surface area contributed by atoms with Gasteiger partial charge in [0, 0.05) is 12.3 Å². The van der Waals surface area contributed by atoms with Gasteiger partial charge in [-0.3, -0.25) is 0 Å².